The van der Waals surface area contributed by atoms with Crippen molar-refractivity contribution in [2.24, 2.45) is 5.73 Å². The molecule has 1 rings (SSSR count). The van der Waals surface area contributed by atoms with Crippen molar-refractivity contribution in [1.82, 2.24) is 5.32 Å². The molecule has 1 aromatic carbocycles. The van der Waals surface area contributed by atoms with Gasteiger partial charge in [-0.25, -0.2) is 0 Å². The largest absolute Gasteiger partial charge is 0.483 e. The third kappa shape index (κ3) is 6.06. The van der Waals surface area contributed by atoms with Crippen LogP contribution in [0.3, 0.4) is 0 Å². The van der Waals surface area contributed by atoms with Crippen LogP contribution in [0.25, 0.3) is 0 Å². The fourth-order valence-corrected chi connectivity index (χ4v) is 2.13. The van der Waals surface area contributed by atoms with Crippen molar-refractivity contribution in [2.75, 3.05) is 6.61 Å². The Hall–Kier alpha value is -1.55. The molecule has 0 heterocycles. The van der Waals surface area contributed by atoms with Gasteiger partial charge in [0.05, 0.1) is 0 Å². The average Bonchev–Trinajstić information content (AvgIpc) is 2.37. The third-order valence-corrected chi connectivity index (χ3v) is 3.00. The van der Waals surface area contributed by atoms with Crippen LogP contribution in [-0.2, 0) is 11.2 Å². The lowest BCUT2D eigenvalue weighted by molar-refractivity contribution is -0.123. The molecule has 0 aromatic heterocycles. The van der Waals surface area contributed by atoms with E-state index >= 15 is 0 Å². The van der Waals surface area contributed by atoms with Gasteiger partial charge >= 0.3 is 0 Å². The maximum Gasteiger partial charge on any atom is 0.258 e. The maximum atomic E-state index is 11.8. The van der Waals surface area contributed by atoms with E-state index in [2.05, 4.69) is 12.2 Å². The number of carbonyl (C=O) groups excluding carboxylic acids is 1. The standard InChI is InChI=1S/C16H26N2O2/c1-4-7-13(3)18-16(19)11-20-15-9-6-5-8-14(15)10-12(2)17/h5-6,8-9,12-13H,4,7,10-11,17H2,1-3H3,(H,18,19). The maximum absolute atomic E-state index is 11.8. The Morgan fingerprint density at radius 2 is 2.05 bits per heavy atom. The number of para-hydroxylation sites is 1. The fourth-order valence-electron chi connectivity index (χ4n) is 2.13. The molecule has 0 saturated carbocycles. The molecule has 4 heteroatoms. The summed E-state index contributed by atoms with van der Waals surface area (Å²) >= 11 is 0. The molecule has 0 fully saturated rings. The van der Waals surface area contributed by atoms with Crippen molar-refractivity contribution >= 4 is 5.91 Å². The molecule has 1 amide bonds. The lowest BCUT2D eigenvalue weighted by Crippen LogP contribution is -2.36. The van der Waals surface area contributed by atoms with E-state index in [0.717, 1.165) is 30.6 Å². The second kappa shape index (κ2) is 8.59. The van der Waals surface area contributed by atoms with Crippen LogP contribution in [0.4, 0.5) is 0 Å². The van der Waals surface area contributed by atoms with E-state index in [9.17, 15) is 4.79 Å². The van der Waals surface area contributed by atoms with Crippen LogP contribution in [0.15, 0.2) is 24.3 Å². The normalized spacial score (nSPS) is 13.6. The van der Waals surface area contributed by atoms with Gasteiger partial charge in [0.15, 0.2) is 6.61 Å². The molecule has 1 aromatic rings. The lowest BCUT2D eigenvalue weighted by atomic mass is 10.1. The molecular formula is C16H26N2O2. The van der Waals surface area contributed by atoms with Crippen molar-refractivity contribution < 1.29 is 9.53 Å². The molecule has 0 aliphatic heterocycles. The number of amides is 1. The summed E-state index contributed by atoms with van der Waals surface area (Å²) in [4.78, 5) is 11.8. The van der Waals surface area contributed by atoms with Gasteiger partial charge in [0.1, 0.15) is 5.75 Å². The fraction of sp³-hybridized carbons (Fsp3) is 0.562. The highest BCUT2D eigenvalue weighted by atomic mass is 16.5. The number of ether oxygens (including phenoxy) is 1. The molecular weight excluding hydrogens is 252 g/mol. The Morgan fingerprint density at radius 1 is 1.35 bits per heavy atom. The third-order valence-electron chi connectivity index (χ3n) is 3.00. The number of nitrogens with two attached hydrogens (primary N) is 1. The molecule has 3 N–H and O–H groups in total. The molecule has 0 bridgehead atoms. The highest BCUT2D eigenvalue weighted by Gasteiger charge is 2.10. The van der Waals surface area contributed by atoms with Crippen LogP contribution in [0.5, 0.6) is 5.75 Å². The van der Waals surface area contributed by atoms with E-state index in [1.54, 1.807) is 0 Å². The summed E-state index contributed by atoms with van der Waals surface area (Å²) in [6, 6.07) is 7.97. The molecule has 2 unspecified atom stereocenters. The zero-order valence-electron chi connectivity index (χ0n) is 12.7. The molecule has 0 aliphatic rings. The molecule has 0 radical (unpaired) electrons. The monoisotopic (exact) mass is 278 g/mol. The molecule has 20 heavy (non-hydrogen) atoms. The van der Waals surface area contributed by atoms with Crippen molar-refractivity contribution in [3.05, 3.63) is 29.8 Å². The summed E-state index contributed by atoms with van der Waals surface area (Å²) in [5.74, 6) is 0.657. The molecule has 0 aliphatic carbocycles. The first-order valence-corrected chi connectivity index (χ1v) is 7.28. The van der Waals surface area contributed by atoms with Gasteiger partial charge in [-0.2, -0.15) is 0 Å². The highest BCUT2D eigenvalue weighted by Crippen LogP contribution is 2.19. The summed E-state index contributed by atoms with van der Waals surface area (Å²) in [5, 5.41) is 2.92. The number of carbonyl (C=O) groups is 1. The molecule has 2 atom stereocenters. The van der Waals surface area contributed by atoms with E-state index in [1.165, 1.54) is 0 Å². The summed E-state index contributed by atoms with van der Waals surface area (Å²) in [5.41, 5.74) is 6.85. The second-order valence-corrected chi connectivity index (χ2v) is 5.34. The Morgan fingerprint density at radius 3 is 2.70 bits per heavy atom. The lowest BCUT2D eigenvalue weighted by Gasteiger charge is -2.15. The van der Waals surface area contributed by atoms with Crippen LogP contribution in [0, 0.1) is 0 Å². The summed E-state index contributed by atoms with van der Waals surface area (Å²) in [6.45, 7) is 6.11. The summed E-state index contributed by atoms with van der Waals surface area (Å²) < 4.78 is 5.61. The average molecular weight is 278 g/mol. The quantitative estimate of drug-likeness (QED) is 0.766. The zero-order chi connectivity index (χ0) is 15.0. The van der Waals surface area contributed by atoms with E-state index in [4.69, 9.17) is 10.5 Å². The number of nitrogens with one attached hydrogen (secondary N) is 1. The van der Waals surface area contributed by atoms with Gasteiger partial charge < -0.3 is 15.8 Å². The van der Waals surface area contributed by atoms with Crippen LogP contribution in [0.1, 0.15) is 39.2 Å². The molecule has 4 nitrogen and oxygen atoms in total. The van der Waals surface area contributed by atoms with Gasteiger partial charge in [-0.05, 0) is 38.3 Å². The van der Waals surface area contributed by atoms with Gasteiger partial charge in [0.25, 0.3) is 5.91 Å². The zero-order valence-corrected chi connectivity index (χ0v) is 12.7. The van der Waals surface area contributed by atoms with Crippen molar-refractivity contribution in [1.29, 1.82) is 0 Å². The van der Waals surface area contributed by atoms with Crippen LogP contribution in [-0.4, -0.2) is 24.6 Å². The number of benzene rings is 1. The molecule has 0 saturated heterocycles. The Balaban J connectivity index is 2.50. The predicted molar refractivity (Wildman–Crippen MR) is 81.8 cm³/mol. The van der Waals surface area contributed by atoms with Crippen molar-refractivity contribution in [2.45, 2.75) is 52.1 Å². The number of rotatable bonds is 8. The smallest absolute Gasteiger partial charge is 0.258 e. The van der Waals surface area contributed by atoms with E-state index in [0.29, 0.717) is 0 Å². The Bertz CT molecular complexity index is 419. The van der Waals surface area contributed by atoms with Crippen molar-refractivity contribution in [3.8, 4) is 5.75 Å². The van der Waals surface area contributed by atoms with E-state index < -0.39 is 0 Å². The van der Waals surface area contributed by atoms with Gasteiger partial charge in [0, 0.05) is 12.1 Å². The van der Waals surface area contributed by atoms with Gasteiger partial charge in [-0.1, -0.05) is 31.5 Å². The predicted octanol–water partition coefficient (Wildman–Crippen LogP) is 2.26. The topological polar surface area (TPSA) is 64.3 Å². The minimum absolute atomic E-state index is 0.0457. The van der Waals surface area contributed by atoms with Gasteiger partial charge in [-0.15, -0.1) is 0 Å². The number of hydrogen-bond acceptors (Lipinski definition) is 3. The Kier molecular flexibility index (Phi) is 7.09. The van der Waals surface area contributed by atoms with Crippen LogP contribution >= 0.6 is 0 Å². The first-order chi connectivity index (χ1) is 9.52. The second-order valence-electron chi connectivity index (χ2n) is 5.34. The van der Waals surface area contributed by atoms with Crippen molar-refractivity contribution in [3.63, 3.8) is 0 Å². The summed E-state index contributed by atoms with van der Waals surface area (Å²) in [7, 11) is 0. The van der Waals surface area contributed by atoms with Gasteiger partial charge in [-0.3, -0.25) is 4.79 Å². The SMILES string of the molecule is CCCC(C)NC(=O)COc1ccccc1CC(C)N. The van der Waals surface area contributed by atoms with Gasteiger partial charge in [0.2, 0.25) is 0 Å². The minimum atomic E-state index is -0.0819. The molecule has 0 spiro atoms. The summed E-state index contributed by atoms with van der Waals surface area (Å²) in [6.07, 6.45) is 2.77. The minimum Gasteiger partial charge on any atom is -0.483 e. The molecule has 112 valence electrons. The van der Waals surface area contributed by atoms with E-state index in [1.807, 2.05) is 38.1 Å². The number of hydrogen-bond donors (Lipinski definition) is 2. The Labute approximate surface area is 121 Å². The highest BCUT2D eigenvalue weighted by molar-refractivity contribution is 5.77. The van der Waals surface area contributed by atoms with Crippen LogP contribution in [0.2, 0.25) is 0 Å². The first-order valence-electron chi connectivity index (χ1n) is 7.28. The van der Waals surface area contributed by atoms with E-state index in [-0.39, 0.29) is 24.6 Å². The van der Waals surface area contributed by atoms with Crippen LogP contribution < -0.4 is 15.8 Å². The first kappa shape index (κ1) is 16.5.